The second kappa shape index (κ2) is 10.3. The molecule has 0 spiro atoms. The van der Waals surface area contributed by atoms with Crippen molar-refractivity contribution in [2.24, 2.45) is 0 Å². The molecule has 0 saturated carbocycles. The number of benzene rings is 2. The summed E-state index contributed by atoms with van der Waals surface area (Å²) in [5, 5.41) is 0. The van der Waals surface area contributed by atoms with E-state index in [1.165, 1.54) is 13.2 Å². The normalized spacial score (nSPS) is 10.3. The van der Waals surface area contributed by atoms with Crippen molar-refractivity contribution in [1.29, 1.82) is 0 Å². The van der Waals surface area contributed by atoms with Crippen molar-refractivity contribution in [3.8, 4) is 11.5 Å². The third-order valence-electron chi connectivity index (χ3n) is 3.06. The zero-order chi connectivity index (χ0) is 18.9. The molecule has 0 amide bonds. The van der Waals surface area contributed by atoms with Crippen molar-refractivity contribution >= 4 is 43.8 Å². The number of hydrogen-bond acceptors (Lipinski definition) is 6. The molecular weight excluding hydrogens is 472 g/mol. The third kappa shape index (κ3) is 6.44. The molecule has 138 valence electrons. The van der Waals surface area contributed by atoms with E-state index in [1.807, 2.05) is 0 Å². The molecule has 0 aliphatic rings. The van der Waals surface area contributed by atoms with Gasteiger partial charge >= 0.3 is 11.9 Å². The fourth-order valence-electron chi connectivity index (χ4n) is 1.88. The van der Waals surface area contributed by atoms with Crippen LogP contribution in [0.25, 0.3) is 0 Å². The molecule has 0 saturated heterocycles. The van der Waals surface area contributed by atoms with Crippen LogP contribution in [-0.2, 0) is 14.3 Å². The van der Waals surface area contributed by atoms with Crippen LogP contribution in [0.1, 0.15) is 10.4 Å². The minimum atomic E-state index is -0.593. The Morgan fingerprint density at radius 1 is 1.04 bits per heavy atom. The lowest BCUT2D eigenvalue weighted by Gasteiger charge is -2.09. The predicted molar refractivity (Wildman–Crippen MR) is 102 cm³/mol. The highest BCUT2D eigenvalue weighted by atomic mass is 79.9. The van der Waals surface area contributed by atoms with E-state index in [1.54, 1.807) is 36.4 Å². The van der Waals surface area contributed by atoms with Crippen molar-refractivity contribution in [3.05, 3.63) is 57.0 Å². The lowest BCUT2D eigenvalue weighted by atomic mass is 10.2. The van der Waals surface area contributed by atoms with Crippen LogP contribution < -0.4 is 9.47 Å². The highest BCUT2D eigenvalue weighted by molar-refractivity contribution is 9.11. The summed E-state index contributed by atoms with van der Waals surface area (Å²) in [5.74, 6) is -0.366. The first-order valence-electron chi connectivity index (χ1n) is 7.54. The standard InChI is InChI=1S/C18H16Br2O6/c1-23-7-8-24-18(22)12-3-2-4-14(9-12)26-17(21)11-25-16-6-5-13(19)10-15(16)20/h2-6,9-10H,7-8,11H2,1H3. The summed E-state index contributed by atoms with van der Waals surface area (Å²) < 4.78 is 22.0. The molecule has 0 aromatic heterocycles. The second-order valence-corrected chi connectivity index (χ2v) is 6.76. The number of carbonyl (C=O) groups is 2. The molecule has 2 aromatic rings. The van der Waals surface area contributed by atoms with Crippen LogP contribution >= 0.6 is 31.9 Å². The van der Waals surface area contributed by atoms with E-state index in [2.05, 4.69) is 31.9 Å². The van der Waals surface area contributed by atoms with Gasteiger partial charge in [0.1, 0.15) is 18.1 Å². The lowest BCUT2D eigenvalue weighted by Crippen LogP contribution is -2.18. The Kier molecular flexibility index (Phi) is 8.08. The zero-order valence-electron chi connectivity index (χ0n) is 13.9. The van der Waals surface area contributed by atoms with Gasteiger partial charge in [-0.1, -0.05) is 22.0 Å². The van der Waals surface area contributed by atoms with E-state index >= 15 is 0 Å². The van der Waals surface area contributed by atoms with E-state index in [0.29, 0.717) is 16.8 Å². The molecule has 0 fully saturated rings. The maximum absolute atomic E-state index is 12.0. The fourth-order valence-corrected chi connectivity index (χ4v) is 3.04. The predicted octanol–water partition coefficient (Wildman–Crippen LogP) is 4.00. The quantitative estimate of drug-likeness (QED) is 0.318. The number of rotatable bonds is 8. The first-order chi connectivity index (χ1) is 12.5. The van der Waals surface area contributed by atoms with Crippen LogP contribution in [0, 0.1) is 0 Å². The Morgan fingerprint density at radius 3 is 2.58 bits per heavy atom. The summed E-state index contributed by atoms with van der Waals surface area (Å²) in [6.45, 7) is 0.182. The molecule has 6 nitrogen and oxygen atoms in total. The van der Waals surface area contributed by atoms with Crippen LogP contribution in [-0.4, -0.2) is 38.9 Å². The van der Waals surface area contributed by atoms with Gasteiger partial charge in [-0.3, -0.25) is 0 Å². The van der Waals surface area contributed by atoms with Gasteiger partial charge in [-0.15, -0.1) is 0 Å². The Hall–Kier alpha value is -1.90. The Labute approximate surface area is 167 Å². The summed E-state index contributed by atoms with van der Waals surface area (Å²) >= 11 is 6.68. The smallest absolute Gasteiger partial charge is 0.349 e. The summed E-state index contributed by atoms with van der Waals surface area (Å²) in [6, 6.07) is 11.5. The van der Waals surface area contributed by atoms with E-state index in [4.69, 9.17) is 18.9 Å². The Morgan fingerprint density at radius 2 is 1.85 bits per heavy atom. The Bertz CT molecular complexity index is 778. The van der Waals surface area contributed by atoms with E-state index in [0.717, 1.165) is 4.47 Å². The van der Waals surface area contributed by atoms with Crippen LogP contribution in [0.2, 0.25) is 0 Å². The first kappa shape index (κ1) is 20.4. The van der Waals surface area contributed by atoms with Crippen LogP contribution in [0.4, 0.5) is 0 Å². The SMILES string of the molecule is COCCOC(=O)c1cccc(OC(=O)COc2ccc(Br)cc2Br)c1. The van der Waals surface area contributed by atoms with Gasteiger partial charge < -0.3 is 18.9 Å². The summed E-state index contributed by atoms with van der Waals surface area (Å²) in [7, 11) is 1.52. The molecule has 8 heteroatoms. The molecule has 0 aliphatic carbocycles. The molecule has 0 bridgehead atoms. The molecule has 0 radical (unpaired) electrons. The number of ether oxygens (including phenoxy) is 4. The minimum absolute atomic E-state index is 0.148. The van der Waals surface area contributed by atoms with Crippen molar-refractivity contribution in [3.63, 3.8) is 0 Å². The highest BCUT2D eigenvalue weighted by Gasteiger charge is 2.12. The largest absolute Gasteiger partial charge is 0.481 e. The number of halogens is 2. The summed E-state index contributed by atoms with van der Waals surface area (Å²) in [5.41, 5.74) is 0.281. The van der Waals surface area contributed by atoms with Crippen molar-refractivity contribution in [1.82, 2.24) is 0 Å². The fraction of sp³-hybridized carbons (Fsp3) is 0.222. The van der Waals surface area contributed by atoms with Crippen LogP contribution in [0.5, 0.6) is 11.5 Å². The van der Waals surface area contributed by atoms with Gasteiger partial charge in [-0.2, -0.15) is 0 Å². The molecule has 0 N–H and O–H groups in total. The maximum Gasteiger partial charge on any atom is 0.349 e. The van der Waals surface area contributed by atoms with Gasteiger partial charge in [0.05, 0.1) is 16.6 Å². The van der Waals surface area contributed by atoms with Crippen molar-refractivity contribution in [2.75, 3.05) is 26.9 Å². The van der Waals surface area contributed by atoms with Crippen molar-refractivity contribution < 1.29 is 28.5 Å². The zero-order valence-corrected chi connectivity index (χ0v) is 17.0. The van der Waals surface area contributed by atoms with E-state index in [9.17, 15) is 9.59 Å². The van der Waals surface area contributed by atoms with Gasteiger partial charge in [0.25, 0.3) is 0 Å². The van der Waals surface area contributed by atoms with E-state index in [-0.39, 0.29) is 24.5 Å². The maximum atomic E-state index is 12.0. The van der Waals surface area contributed by atoms with Crippen LogP contribution in [0.15, 0.2) is 51.4 Å². The first-order valence-corrected chi connectivity index (χ1v) is 9.13. The Balaban J connectivity index is 1.90. The molecule has 0 unspecified atom stereocenters. The van der Waals surface area contributed by atoms with Gasteiger partial charge in [0.2, 0.25) is 0 Å². The number of esters is 2. The highest BCUT2D eigenvalue weighted by Crippen LogP contribution is 2.28. The minimum Gasteiger partial charge on any atom is -0.481 e. The lowest BCUT2D eigenvalue weighted by molar-refractivity contribution is -0.136. The third-order valence-corrected chi connectivity index (χ3v) is 4.17. The van der Waals surface area contributed by atoms with Gasteiger partial charge in [-0.05, 0) is 52.3 Å². The molecular formula is C18H16Br2O6. The molecule has 2 rings (SSSR count). The summed E-state index contributed by atoms with van der Waals surface area (Å²) in [6.07, 6.45) is 0. The molecule has 0 aliphatic heterocycles. The summed E-state index contributed by atoms with van der Waals surface area (Å²) in [4.78, 5) is 23.8. The topological polar surface area (TPSA) is 71.1 Å². The average Bonchev–Trinajstić information content (AvgIpc) is 2.61. The van der Waals surface area contributed by atoms with Crippen molar-refractivity contribution in [2.45, 2.75) is 0 Å². The van der Waals surface area contributed by atoms with E-state index < -0.39 is 11.9 Å². The van der Waals surface area contributed by atoms with Gasteiger partial charge in [0.15, 0.2) is 6.61 Å². The number of hydrogen-bond donors (Lipinski definition) is 0. The average molecular weight is 488 g/mol. The molecule has 0 atom stereocenters. The monoisotopic (exact) mass is 486 g/mol. The van der Waals surface area contributed by atoms with Crippen LogP contribution in [0.3, 0.4) is 0 Å². The molecule has 2 aromatic carbocycles. The molecule has 26 heavy (non-hydrogen) atoms. The van der Waals surface area contributed by atoms with Gasteiger partial charge in [0, 0.05) is 11.6 Å². The number of methoxy groups -OCH3 is 1. The van der Waals surface area contributed by atoms with Gasteiger partial charge in [-0.25, -0.2) is 9.59 Å². The molecule has 0 heterocycles. The second-order valence-electron chi connectivity index (χ2n) is 4.99. The number of carbonyl (C=O) groups excluding carboxylic acids is 2.